The van der Waals surface area contributed by atoms with E-state index >= 15 is 0 Å². The highest BCUT2D eigenvalue weighted by Crippen LogP contribution is 2.39. The van der Waals surface area contributed by atoms with Gasteiger partial charge in [-0.1, -0.05) is 30.3 Å². The van der Waals surface area contributed by atoms with Crippen LogP contribution in [0, 0.1) is 0 Å². The maximum Gasteiger partial charge on any atom is 0.244 e. The molecule has 3 aromatic rings. The predicted octanol–water partition coefficient (Wildman–Crippen LogP) is 2.30. The van der Waals surface area contributed by atoms with Gasteiger partial charge in [-0.25, -0.2) is 9.97 Å². The van der Waals surface area contributed by atoms with Crippen LogP contribution in [0.1, 0.15) is 19.4 Å². The smallest absolute Gasteiger partial charge is 0.244 e. The molecule has 1 aromatic carbocycles. The number of anilines is 1. The molecule has 2 saturated heterocycles. The van der Waals surface area contributed by atoms with E-state index in [0.29, 0.717) is 23.5 Å². The summed E-state index contributed by atoms with van der Waals surface area (Å²) in [6, 6.07) is 9.71. The first-order valence-corrected chi connectivity index (χ1v) is 10.5. The number of benzene rings is 1. The van der Waals surface area contributed by atoms with Gasteiger partial charge in [0.1, 0.15) is 36.8 Å². The summed E-state index contributed by atoms with van der Waals surface area (Å²) in [6.07, 6.45) is -0.686. The number of hydrogen-bond acceptors (Lipinski definition) is 10. The average Bonchev–Trinajstić information content (AvgIpc) is 3.26. The molecule has 2 aliphatic rings. The van der Waals surface area contributed by atoms with Crippen LogP contribution in [0.25, 0.3) is 11.0 Å². The van der Waals surface area contributed by atoms with E-state index in [1.54, 1.807) is 0 Å². The zero-order chi connectivity index (χ0) is 22.3. The summed E-state index contributed by atoms with van der Waals surface area (Å²) < 4.78 is 23.7. The van der Waals surface area contributed by atoms with Crippen LogP contribution < -0.4 is 10.1 Å². The molecule has 2 N–H and O–H groups in total. The minimum Gasteiger partial charge on any atom is -0.471 e. The molecule has 168 valence electrons. The third kappa shape index (κ3) is 4.07. The highest BCUT2D eigenvalue weighted by Gasteiger charge is 2.55. The number of nitrogens with zero attached hydrogens (tertiary/aromatic N) is 4. The van der Waals surface area contributed by atoms with Crippen molar-refractivity contribution in [2.45, 2.75) is 50.8 Å². The van der Waals surface area contributed by atoms with Gasteiger partial charge < -0.3 is 29.4 Å². The Labute approximate surface area is 188 Å². The van der Waals surface area contributed by atoms with Crippen LogP contribution in [0.5, 0.6) is 5.88 Å². The van der Waals surface area contributed by atoms with Crippen molar-refractivity contribution in [3.05, 3.63) is 47.5 Å². The SMILES string of the molecule is CC1(C)O[C@@H]2[C@H](O1)[C@@H](CO)O[C@H]2Nc1nc(Cl)nc2c(OCc3ccccc3)ncnc12. The fourth-order valence-electron chi connectivity index (χ4n) is 3.91. The second kappa shape index (κ2) is 8.38. The lowest BCUT2D eigenvalue weighted by atomic mass is 10.1. The number of aromatic nitrogens is 4. The highest BCUT2D eigenvalue weighted by atomic mass is 35.5. The zero-order valence-electron chi connectivity index (χ0n) is 17.4. The van der Waals surface area contributed by atoms with E-state index in [2.05, 4.69) is 25.3 Å². The second-order valence-electron chi connectivity index (χ2n) is 7.98. The van der Waals surface area contributed by atoms with E-state index in [1.807, 2.05) is 44.2 Å². The molecule has 0 saturated carbocycles. The number of aliphatic hydroxyl groups is 1. The van der Waals surface area contributed by atoms with Crippen molar-refractivity contribution in [2.75, 3.05) is 11.9 Å². The van der Waals surface area contributed by atoms with Crippen molar-refractivity contribution in [1.29, 1.82) is 0 Å². The molecule has 10 nitrogen and oxygen atoms in total. The fourth-order valence-corrected chi connectivity index (χ4v) is 4.08. The standard InChI is InChI=1S/C21H22ClN5O5/c1-21(2)31-15-12(8-28)30-19(16(15)32-21)26-17-13-14(25-20(22)27-17)18(24-10-23-13)29-9-11-6-4-3-5-7-11/h3-7,10,12,15-16,19,28H,8-9H2,1-2H3,(H,25,26,27)/t12-,15-,16-,19-/m1/s1. The topological polar surface area (TPSA) is 121 Å². The van der Waals surface area contributed by atoms with Crippen LogP contribution in [0.3, 0.4) is 0 Å². The molecule has 5 rings (SSSR count). The molecular formula is C21H22ClN5O5. The lowest BCUT2D eigenvalue weighted by Gasteiger charge is -2.24. The van der Waals surface area contributed by atoms with E-state index in [0.717, 1.165) is 5.56 Å². The predicted molar refractivity (Wildman–Crippen MR) is 114 cm³/mol. The van der Waals surface area contributed by atoms with Crippen molar-refractivity contribution in [2.24, 2.45) is 0 Å². The molecule has 0 radical (unpaired) electrons. The minimum absolute atomic E-state index is 0.00321. The van der Waals surface area contributed by atoms with Gasteiger partial charge >= 0.3 is 0 Å². The van der Waals surface area contributed by atoms with Crippen LogP contribution in [0.4, 0.5) is 5.82 Å². The Kier molecular flexibility index (Phi) is 5.56. The maximum absolute atomic E-state index is 9.70. The monoisotopic (exact) mass is 459 g/mol. The van der Waals surface area contributed by atoms with Crippen LogP contribution >= 0.6 is 11.6 Å². The van der Waals surface area contributed by atoms with Gasteiger partial charge in [0, 0.05) is 0 Å². The molecule has 32 heavy (non-hydrogen) atoms. The first-order valence-electron chi connectivity index (χ1n) is 10.2. The van der Waals surface area contributed by atoms with Gasteiger partial charge in [0.15, 0.2) is 23.3 Å². The zero-order valence-corrected chi connectivity index (χ0v) is 18.2. The normalized spacial score (nSPS) is 26.2. The lowest BCUT2D eigenvalue weighted by molar-refractivity contribution is -0.187. The number of rotatable bonds is 6. The molecule has 2 aromatic heterocycles. The molecule has 0 aliphatic carbocycles. The fraction of sp³-hybridized carbons (Fsp3) is 0.429. The number of hydrogen-bond donors (Lipinski definition) is 2. The van der Waals surface area contributed by atoms with Gasteiger partial charge in [0.2, 0.25) is 11.2 Å². The molecule has 0 unspecified atom stereocenters. The van der Waals surface area contributed by atoms with Gasteiger partial charge in [-0.15, -0.1) is 0 Å². The summed E-state index contributed by atoms with van der Waals surface area (Å²) in [5, 5.41) is 12.9. The molecule has 0 spiro atoms. The Morgan fingerprint density at radius 1 is 1.09 bits per heavy atom. The summed E-state index contributed by atoms with van der Waals surface area (Å²) in [6.45, 7) is 3.74. The lowest BCUT2D eigenvalue weighted by Crippen LogP contribution is -2.35. The first-order chi connectivity index (χ1) is 15.4. The first kappa shape index (κ1) is 21.2. The summed E-state index contributed by atoms with van der Waals surface area (Å²) in [4.78, 5) is 17.1. The van der Waals surface area contributed by atoms with Crippen LogP contribution in [0.15, 0.2) is 36.7 Å². The second-order valence-corrected chi connectivity index (χ2v) is 8.32. The maximum atomic E-state index is 9.70. The van der Waals surface area contributed by atoms with Crippen LogP contribution in [-0.2, 0) is 20.8 Å². The Hall–Kier alpha value is -2.63. The molecule has 11 heteroatoms. The van der Waals surface area contributed by atoms with Crippen LogP contribution in [0.2, 0.25) is 5.28 Å². The van der Waals surface area contributed by atoms with E-state index in [1.165, 1.54) is 6.33 Å². The van der Waals surface area contributed by atoms with Gasteiger partial charge in [0.05, 0.1) is 6.61 Å². The third-order valence-corrected chi connectivity index (χ3v) is 5.42. The van der Waals surface area contributed by atoms with Crippen molar-refractivity contribution < 1.29 is 24.1 Å². The minimum atomic E-state index is -0.793. The van der Waals surface area contributed by atoms with Crippen LogP contribution in [-0.4, -0.2) is 62.0 Å². The van der Waals surface area contributed by atoms with Gasteiger partial charge in [-0.2, -0.15) is 9.97 Å². The largest absolute Gasteiger partial charge is 0.471 e. The molecular weight excluding hydrogens is 438 g/mol. The van der Waals surface area contributed by atoms with Gasteiger partial charge in [-0.3, -0.25) is 0 Å². The molecule has 0 amide bonds. The van der Waals surface area contributed by atoms with Crippen molar-refractivity contribution >= 4 is 28.5 Å². The molecule has 4 atom stereocenters. The number of nitrogens with one attached hydrogen (secondary N) is 1. The summed E-state index contributed by atoms with van der Waals surface area (Å²) in [5.74, 6) is -0.174. The molecule has 2 aliphatic heterocycles. The Morgan fingerprint density at radius 3 is 2.66 bits per heavy atom. The summed E-state index contributed by atoms with van der Waals surface area (Å²) in [5.41, 5.74) is 1.76. The van der Waals surface area contributed by atoms with E-state index in [4.69, 9.17) is 30.5 Å². The Balaban J connectivity index is 1.43. The summed E-state index contributed by atoms with van der Waals surface area (Å²) in [7, 11) is 0. The van der Waals surface area contributed by atoms with Gasteiger partial charge in [-0.05, 0) is 31.0 Å². The van der Waals surface area contributed by atoms with Gasteiger partial charge in [0.25, 0.3) is 0 Å². The van der Waals surface area contributed by atoms with Crippen molar-refractivity contribution in [3.8, 4) is 5.88 Å². The number of ether oxygens (including phenoxy) is 4. The van der Waals surface area contributed by atoms with E-state index in [9.17, 15) is 5.11 Å². The third-order valence-electron chi connectivity index (χ3n) is 5.25. The molecule has 2 fully saturated rings. The van der Waals surface area contributed by atoms with E-state index < -0.39 is 30.3 Å². The average molecular weight is 460 g/mol. The number of aliphatic hydroxyl groups excluding tert-OH is 1. The highest BCUT2D eigenvalue weighted by molar-refractivity contribution is 6.28. The quantitative estimate of drug-likeness (QED) is 0.531. The van der Waals surface area contributed by atoms with Crippen molar-refractivity contribution in [3.63, 3.8) is 0 Å². The number of fused-ring (bicyclic) bond motifs is 2. The van der Waals surface area contributed by atoms with Crippen molar-refractivity contribution in [1.82, 2.24) is 19.9 Å². The Morgan fingerprint density at radius 2 is 1.88 bits per heavy atom. The molecule has 0 bridgehead atoms. The molecule has 4 heterocycles. The summed E-state index contributed by atoms with van der Waals surface area (Å²) >= 11 is 6.20. The number of halogens is 1. The Bertz CT molecular complexity index is 1120. The van der Waals surface area contributed by atoms with E-state index in [-0.39, 0.29) is 17.8 Å².